The molecule has 4 nitrogen and oxygen atoms in total. The minimum Gasteiger partial charge on any atom is -0.508 e. The van der Waals surface area contributed by atoms with E-state index >= 15 is 0 Å². The average molecular weight is 407 g/mol. The largest absolute Gasteiger partial charge is 0.508 e. The average Bonchev–Trinajstić information content (AvgIpc) is 2.73. The van der Waals surface area contributed by atoms with E-state index in [0.29, 0.717) is 18.4 Å². The molecule has 0 spiro atoms. The van der Waals surface area contributed by atoms with Crippen molar-refractivity contribution in [1.29, 1.82) is 0 Å². The van der Waals surface area contributed by atoms with E-state index in [1.165, 1.54) is 28.9 Å². The zero-order chi connectivity index (χ0) is 22.2. The van der Waals surface area contributed by atoms with Crippen LogP contribution in [0, 0.1) is 5.41 Å². The van der Waals surface area contributed by atoms with Gasteiger partial charge in [0.2, 0.25) is 6.73 Å². The number of benzene rings is 1. The van der Waals surface area contributed by atoms with Gasteiger partial charge in [0.05, 0.1) is 12.5 Å². The molecule has 166 valence electrons. The molecule has 0 amide bonds. The fourth-order valence-electron chi connectivity index (χ4n) is 4.74. The van der Waals surface area contributed by atoms with Gasteiger partial charge in [0.15, 0.2) is 0 Å². The number of aromatic hydroxyl groups is 1. The number of carbonyl (C=O) groups is 1. The van der Waals surface area contributed by atoms with Crippen molar-refractivity contribution in [2.45, 2.75) is 98.4 Å². The summed E-state index contributed by atoms with van der Waals surface area (Å²) < 4.78 is 5.65. The van der Waals surface area contributed by atoms with E-state index in [9.17, 15) is 9.90 Å². The summed E-state index contributed by atoms with van der Waals surface area (Å²) in [7, 11) is 2.17. The van der Waals surface area contributed by atoms with Gasteiger partial charge in [0.25, 0.3) is 0 Å². The number of hydrogen-bond acceptors (Lipinski definition) is 3. The van der Waals surface area contributed by atoms with Crippen LogP contribution < -0.4 is 4.90 Å². The number of quaternary nitrogens is 1. The van der Waals surface area contributed by atoms with Gasteiger partial charge >= 0.3 is 5.97 Å². The molecule has 1 fully saturated rings. The highest BCUT2D eigenvalue weighted by Gasteiger charge is 2.51. The molecule has 3 unspecified atom stereocenters. The Morgan fingerprint density at radius 1 is 1.17 bits per heavy atom. The number of likely N-dealkylation sites (N-methyl/N-ethyl adjacent to an activating group) is 1. The van der Waals surface area contributed by atoms with Gasteiger partial charge < -0.3 is 9.84 Å². The summed E-state index contributed by atoms with van der Waals surface area (Å²) in [6.07, 6.45) is 6.93. The molecule has 3 atom stereocenters. The summed E-state index contributed by atoms with van der Waals surface area (Å²) in [6, 6.07) is 5.85. The van der Waals surface area contributed by atoms with Crippen molar-refractivity contribution in [2.24, 2.45) is 5.41 Å². The molecule has 0 heterocycles. The zero-order valence-corrected chi connectivity index (χ0v) is 20.0. The molecule has 1 aromatic carbocycles. The smallest absolute Gasteiger partial charge is 0.315 e. The molecule has 0 aliphatic heterocycles. The highest BCUT2D eigenvalue weighted by Crippen LogP contribution is 2.47. The molecule has 1 aromatic rings. The summed E-state index contributed by atoms with van der Waals surface area (Å²) in [6.45, 7) is 14.1. The van der Waals surface area contributed by atoms with E-state index in [-0.39, 0.29) is 11.5 Å². The normalized spacial score (nSPS) is 23.8. The number of hydrogen-bond donors (Lipinski definition) is 2. The standard InChI is InChI=1S/C21H31NO3.2C2H6/c1-20(2,3)19(24)25-14-22(4)21-11-6-5-7-18(21)17-13-16(23)9-8-15(17)10-12-21;2*1-2/h8-9,13,18,23H,5-7,10-12,14H2,1-4H3;2*1-2H3/p+1. The molecular weight excluding hydrogens is 362 g/mol. The first-order valence-electron chi connectivity index (χ1n) is 11.6. The highest BCUT2D eigenvalue weighted by atomic mass is 16.5. The van der Waals surface area contributed by atoms with E-state index in [2.05, 4.69) is 13.1 Å². The molecule has 3 rings (SSSR count). The molecule has 2 aliphatic rings. The molecule has 0 aromatic heterocycles. The van der Waals surface area contributed by atoms with Crippen LogP contribution in [0.2, 0.25) is 0 Å². The Morgan fingerprint density at radius 3 is 2.45 bits per heavy atom. The number of aryl methyl sites for hydroxylation is 1. The van der Waals surface area contributed by atoms with Crippen molar-refractivity contribution in [2.75, 3.05) is 13.8 Å². The number of nitrogens with one attached hydrogen (secondary N) is 1. The number of fused-ring (bicyclic) bond motifs is 3. The molecule has 2 N–H and O–H groups in total. The predicted molar refractivity (Wildman–Crippen MR) is 120 cm³/mol. The second-order valence-electron chi connectivity index (χ2n) is 8.94. The van der Waals surface area contributed by atoms with Crippen LogP contribution in [-0.2, 0) is 16.0 Å². The van der Waals surface area contributed by atoms with Gasteiger partial charge in [-0.15, -0.1) is 0 Å². The quantitative estimate of drug-likeness (QED) is 0.557. The Labute approximate surface area is 178 Å². The van der Waals surface area contributed by atoms with E-state index in [1.807, 2.05) is 54.5 Å². The fraction of sp³-hybridized carbons (Fsp3) is 0.720. The number of phenolic OH excluding ortho intramolecular Hbond substituents is 1. The van der Waals surface area contributed by atoms with E-state index in [4.69, 9.17) is 4.74 Å². The van der Waals surface area contributed by atoms with Crippen LogP contribution in [0.5, 0.6) is 5.75 Å². The number of phenols is 1. The van der Waals surface area contributed by atoms with Crippen molar-refractivity contribution in [3.63, 3.8) is 0 Å². The Hall–Kier alpha value is -1.55. The summed E-state index contributed by atoms with van der Waals surface area (Å²) >= 11 is 0. The Morgan fingerprint density at radius 2 is 1.83 bits per heavy atom. The van der Waals surface area contributed by atoms with Crippen LogP contribution in [0.25, 0.3) is 0 Å². The second kappa shape index (κ2) is 11.0. The first-order chi connectivity index (χ1) is 13.7. The van der Waals surface area contributed by atoms with Crippen LogP contribution >= 0.6 is 0 Å². The molecule has 0 saturated heterocycles. The van der Waals surface area contributed by atoms with E-state index in [0.717, 1.165) is 25.7 Å². The second-order valence-corrected chi connectivity index (χ2v) is 8.94. The van der Waals surface area contributed by atoms with Crippen molar-refractivity contribution < 1.29 is 19.5 Å². The van der Waals surface area contributed by atoms with Crippen LogP contribution in [0.3, 0.4) is 0 Å². The Balaban J connectivity index is 0.000000989. The summed E-state index contributed by atoms with van der Waals surface area (Å²) in [5.41, 5.74) is 2.33. The maximum absolute atomic E-state index is 12.2. The number of ether oxygens (including phenoxy) is 1. The summed E-state index contributed by atoms with van der Waals surface area (Å²) in [4.78, 5) is 13.5. The molecule has 2 aliphatic carbocycles. The van der Waals surface area contributed by atoms with Crippen LogP contribution in [0.15, 0.2) is 18.2 Å². The third kappa shape index (κ3) is 5.75. The topological polar surface area (TPSA) is 51.0 Å². The third-order valence-corrected chi connectivity index (χ3v) is 6.26. The molecular formula is C25H44NO3+. The lowest BCUT2D eigenvalue weighted by Crippen LogP contribution is -3.19. The minimum atomic E-state index is -0.463. The number of esters is 1. The number of rotatable bonds is 3. The lowest BCUT2D eigenvalue weighted by atomic mass is 9.62. The highest BCUT2D eigenvalue weighted by molar-refractivity contribution is 5.75. The summed E-state index contributed by atoms with van der Waals surface area (Å²) in [5, 5.41) is 9.99. The third-order valence-electron chi connectivity index (χ3n) is 6.26. The van der Waals surface area contributed by atoms with E-state index < -0.39 is 5.41 Å². The van der Waals surface area contributed by atoms with Crippen molar-refractivity contribution >= 4 is 5.97 Å². The van der Waals surface area contributed by atoms with Crippen LogP contribution in [0.1, 0.15) is 97.6 Å². The molecule has 4 heteroatoms. The zero-order valence-electron chi connectivity index (χ0n) is 20.0. The Kier molecular flexibility index (Phi) is 9.67. The van der Waals surface area contributed by atoms with Crippen molar-refractivity contribution in [1.82, 2.24) is 0 Å². The first kappa shape index (κ1) is 25.5. The lowest BCUT2D eigenvalue weighted by Gasteiger charge is -2.50. The van der Waals surface area contributed by atoms with Crippen LogP contribution in [0.4, 0.5) is 0 Å². The van der Waals surface area contributed by atoms with Crippen molar-refractivity contribution in [3.05, 3.63) is 29.3 Å². The molecule has 0 radical (unpaired) electrons. The molecule has 1 saturated carbocycles. The predicted octanol–water partition coefficient (Wildman–Crippen LogP) is 4.85. The minimum absolute atomic E-state index is 0.108. The van der Waals surface area contributed by atoms with Gasteiger partial charge in [0.1, 0.15) is 11.3 Å². The van der Waals surface area contributed by atoms with Gasteiger partial charge in [-0.05, 0) is 63.3 Å². The summed E-state index contributed by atoms with van der Waals surface area (Å²) in [5.74, 6) is 0.659. The fourth-order valence-corrected chi connectivity index (χ4v) is 4.74. The maximum Gasteiger partial charge on any atom is 0.315 e. The van der Waals surface area contributed by atoms with Crippen molar-refractivity contribution in [3.8, 4) is 5.75 Å². The first-order valence-corrected chi connectivity index (χ1v) is 11.6. The molecule has 29 heavy (non-hydrogen) atoms. The number of carbonyl (C=O) groups excluding carboxylic acids is 1. The SMILES string of the molecule is CC.CC.C[NH+](COC(=O)C(C)(C)C)C12CCCCC1c1cc(O)ccc1CC2. The van der Waals surface area contributed by atoms with Gasteiger partial charge in [0, 0.05) is 18.8 Å². The van der Waals surface area contributed by atoms with Gasteiger partial charge in [-0.3, -0.25) is 9.69 Å². The Bertz CT molecular complexity index is 650. The van der Waals surface area contributed by atoms with Crippen LogP contribution in [-0.4, -0.2) is 30.4 Å². The lowest BCUT2D eigenvalue weighted by molar-refractivity contribution is -0.954. The monoisotopic (exact) mass is 406 g/mol. The van der Waals surface area contributed by atoms with Gasteiger partial charge in [-0.25, -0.2) is 0 Å². The maximum atomic E-state index is 12.2. The van der Waals surface area contributed by atoms with Gasteiger partial charge in [-0.2, -0.15) is 0 Å². The molecule has 0 bridgehead atoms. The van der Waals surface area contributed by atoms with Gasteiger partial charge in [-0.1, -0.05) is 40.2 Å². The van der Waals surface area contributed by atoms with E-state index in [1.54, 1.807) is 6.07 Å².